The van der Waals surface area contributed by atoms with Crippen LogP contribution in [0.1, 0.15) is 11.1 Å². The summed E-state index contributed by atoms with van der Waals surface area (Å²) < 4.78 is 5.65. The summed E-state index contributed by atoms with van der Waals surface area (Å²) in [6.07, 6.45) is 6.77. The SMILES string of the molecule is C#CCOc1ccc2ccccc2c1/C=C1\C(=O)NC(=O)N(c2ccc(C)cc2)C1=O. The summed E-state index contributed by atoms with van der Waals surface area (Å²) >= 11 is 0. The molecule has 31 heavy (non-hydrogen) atoms. The number of rotatable bonds is 4. The molecule has 1 saturated heterocycles. The number of carbonyl (C=O) groups excluding carboxylic acids is 3. The van der Waals surface area contributed by atoms with Crippen LogP contribution >= 0.6 is 0 Å². The average molecular weight is 410 g/mol. The highest BCUT2D eigenvalue weighted by Crippen LogP contribution is 2.31. The largest absolute Gasteiger partial charge is 0.480 e. The van der Waals surface area contributed by atoms with E-state index in [-0.39, 0.29) is 12.2 Å². The first-order valence-electron chi connectivity index (χ1n) is 9.55. The van der Waals surface area contributed by atoms with Crippen LogP contribution in [0.5, 0.6) is 5.75 Å². The van der Waals surface area contributed by atoms with Gasteiger partial charge in [0.2, 0.25) is 0 Å². The van der Waals surface area contributed by atoms with Crippen LogP contribution in [0.25, 0.3) is 16.8 Å². The molecule has 3 aromatic carbocycles. The first kappa shape index (κ1) is 19.9. The van der Waals surface area contributed by atoms with E-state index in [0.717, 1.165) is 21.2 Å². The van der Waals surface area contributed by atoms with E-state index in [1.54, 1.807) is 30.3 Å². The third kappa shape index (κ3) is 3.77. The summed E-state index contributed by atoms with van der Waals surface area (Å²) in [5.74, 6) is 1.36. The number of carbonyl (C=O) groups is 3. The number of benzene rings is 3. The van der Waals surface area contributed by atoms with E-state index in [1.165, 1.54) is 6.08 Å². The second-order valence-corrected chi connectivity index (χ2v) is 6.98. The number of nitrogens with zero attached hydrogens (tertiary/aromatic N) is 1. The molecule has 1 heterocycles. The average Bonchev–Trinajstić information content (AvgIpc) is 2.76. The molecule has 0 aliphatic carbocycles. The number of hydrogen-bond acceptors (Lipinski definition) is 4. The Morgan fingerprint density at radius 1 is 1.03 bits per heavy atom. The molecule has 0 aromatic heterocycles. The van der Waals surface area contributed by atoms with Crippen molar-refractivity contribution in [2.45, 2.75) is 6.92 Å². The number of barbiturate groups is 1. The molecule has 6 heteroatoms. The Balaban J connectivity index is 1.85. The lowest BCUT2D eigenvalue weighted by molar-refractivity contribution is -0.122. The number of imide groups is 2. The van der Waals surface area contributed by atoms with Crippen LogP contribution in [0, 0.1) is 19.3 Å². The molecule has 1 aliphatic heterocycles. The lowest BCUT2D eigenvalue weighted by Gasteiger charge is -2.26. The predicted octanol–water partition coefficient (Wildman–Crippen LogP) is 3.83. The first-order valence-corrected chi connectivity index (χ1v) is 9.55. The third-order valence-electron chi connectivity index (χ3n) is 4.92. The van der Waals surface area contributed by atoms with Crippen LogP contribution in [0.15, 0.2) is 66.2 Å². The van der Waals surface area contributed by atoms with E-state index in [9.17, 15) is 14.4 Å². The van der Waals surface area contributed by atoms with Crippen LogP contribution in [-0.4, -0.2) is 24.5 Å². The van der Waals surface area contributed by atoms with Crippen LogP contribution < -0.4 is 15.0 Å². The number of ether oxygens (including phenoxy) is 1. The lowest BCUT2D eigenvalue weighted by atomic mass is 9.99. The fourth-order valence-corrected chi connectivity index (χ4v) is 3.40. The van der Waals surface area contributed by atoms with Crippen LogP contribution in [-0.2, 0) is 9.59 Å². The number of fused-ring (bicyclic) bond motifs is 1. The van der Waals surface area contributed by atoms with Crippen molar-refractivity contribution in [1.82, 2.24) is 5.32 Å². The highest BCUT2D eigenvalue weighted by molar-refractivity contribution is 6.39. The molecule has 0 bridgehead atoms. The molecule has 1 N–H and O–H groups in total. The number of amides is 4. The smallest absolute Gasteiger partial charge is 0.335 e. The van der Waals surface area contributed by atoms with Crippen LogP contribution in [0.3, 0.4) is 0 Å². The van der Waals surface area contributed by atoms with Crippen molar-refractivity contribution in [3.63, 3.8) is 0 Å². The Hall–Kier alpha value is -4.37. The first-order chi connectivity index (χ1) is 15.0. The quantitative estimate of drug-likeness (QED) is 0.403. The molecule has 0 unspecified atom stereocenters. The summed E-state index contributed by atoms with van der Waals surface area (Å²) in [5.41, 5.74) is 1.70. The second-order valence-electron chi connectivity index (χ2n) is 6.98. The number of terminal acetylenes is 1. The Morgan fingerprint density at radius 3 is 2.52 bits per heavy atom. The van der Waals surface area contributed by atoms with Crippen LogP contribution in [0.2, 0.25) is 0 Å². The summed E-state index contributed by atoms with van der Waals surface area (Å²) in [6, 6.07) is 17.2. The normalized spacial score (nSPS) is 15.2. The van der Waals surface area contributed by atoms with Crippen molar-refractivity contribution in [3.8, 4) is 18.1 Å². The number of anilines is 1. The summed E-state index contributed by atoms with van der Waals surface area (Å²) in [5, 5.41) is 3.92. The minimum atomic E-state index is -0.794. The molecule has 3 aromatic rings. The van der Waals surface area contributed by atoms with Gasteiger partial charge in [0.05, 0.1) is 5.69 Å². The molecular weight excluding hydrogens is 392 g/mol. The predicted molar refractivity (Wildman–Crippen MR) is 118 cm³/mol. The Bertz CT molecular complexity index is 1280. The molecule has 4 rings (SSSR count). The van der Waals surface area contributed by atoms with E-state index in [1.807, 2.05) is 37.3 Å². The number of urea groups is 1. The van der Waals surface area contributed by atoms with E-state index in [2.05, 4.69) is 11.2 Å². The molecule has 6 nitrogen and oxygen atoms in total. The van der Waals surface area contributed by atoms with Crippen molar-refractivity contribution in [2.24, 2.45) is 0 Å². The van der Waals surface area contributed by atoms with Crippen LogP contribution in [0.4, 0.5) is 10.5 Å². The monoisotopic (exact) mass is 410 g/mol. The summed E-state index contributed by atoms with van der Waals surface area (Å²) in [7, 11) is 0. The van der Waals surface area contributed by atoms with Gasteiger partial charge in [0.1, 0.15) is 17.9 Å². The fourth-order valence-electron chi connectivity index (χ4n) is 3.40. The molecular formula is C25H18N2O4. The van der Waals surface area contributed by atoms with Gasteiger partial charge in [-0.05, 0) is 42.0 Å². The van der Waals surface area contributed by atoms with Gasteiger partial charge in [-0.2, -0.15) is 0 Å². The maximum absolute atomic E-state index is 13.2. The van der Waals surface area contributed by atoms with Gasteiger partial charge in [-0.1, -0.05) is 53.9 Å². The van der Waals surface area contributed by atoms with E-state index < -0.39 is 17.8 Å². The molecule has 0 spiro atoms. The standard InChI is InChI=1S/C25H18N2O4/c1-3-14-31-22-13-10-17-6-4-5-7-19(17)20(22)15-21-23(28)26-25(30)27(24(21)29)18-11-8-16(2)9-12-18/h1,4-13,15H,14H2,2H3,(H,26,28,30)/b21-15+. The van der Waals surface area contributed by atoms with Crippen molar-refractivity contribution in [2.75, 3.05) is 11.5 Å². The van der Waals surface area contributed by atoms with Gasteiger partial charge in [0, 0.05) is 5.56 Å². The van der Waals surface area contributed by atoms with Crippen molar-refractivity contribution in [3.05, 3.63) is 77.4 Å². The highest BCUT2D eigenvalue weighted by Gasteiger charge is 2.37. The van der Waals surface area contributed by atoms with E-state index >= 15 is 0 Å². The van der Waals surface area contributed by atoms with Gasteiger partial charge < -0.3 is 4.74 Å². The zero-order chi connectivity index (χ0) is 22.0. The topological polar surface area (TPSA) is 75.7 Å². The van der Waals surface area contributed by atoms with Gasteiger partial charge in [-0.25, -0.2) is 9.69 Å². The summed E-state index contributed by atoms with van der Waals surface area (Å²) in [4.78, 5) is 39.2. The Kier molecular flexibility index (Phi) is 5.25. The minimum Gasteiger partial charge on any atom is -0.480 e. The third-order valence-corrected chi connectivity index (χ3v) is 4.92. The van der Waals surface area contributed by atoms with E-state index in [0.29, 0.717) is 17.0 Å². The molecule has 1 fully saturated rings. The lowest BCUT2D eigenvalue weighted by Crippen LogP contribution is -2.54. The molecule has 0 saturated carbocycles. The molecule has 1 aliphatic rings. The molecule has 0 radical (unpaired) electrons. The summed E-state index contributed by atoms with van der Waals surface area (Å²) in [6.45, 7) is 1.93. The fraction of sp³-hybridized carbons (Fsp3) is 0.0800. The number of nitrogens with one attached hydrogen (secondary N) is 1. The van der Waals surface area contributed by atoms with Crippen molar-refractivity contribution < 1.29 is 19.1 Å². The Morgan fingerprint density at radius 2 is 1.77 bits per heavy atom. The molecule has 4 amide bonds. The molecule has 152 valence electrons. The number of aryl methyl sites for hydroxylation is 1. The maximum atomic E-state index is 13.2. The van der Waals surface area contributed by atoms with Crippen molar-refractivity contribution in [1.29, 1.82) is 0 Å². The van der Waals surface area contributed by atoms with Gasteiger partial charge in [-0.15, -0.1) is 6.42 Å². The number of hydrogen-bond donors (Lipinski definition) is 1. The zero-order valence-corrected chi connectivity index (χ0v) is 16.7. The van der Waals surface area contributed by atoms with Gasteiger partial charge in [-0.3, -0.25) is 14.9 Å². The van der Waals surface area contributed by atoms with Gasteiger partial charge >= 0.3 is 6.03 Å². The Labute approximate surface area is 179 Å². The van der Waals surface area contributed by atoms with E-state index in [4.69, 9.17) is 11.2 Å². The van der Waals surface area contributed by atoms with Gasteiger partial charge in [0.15, 0.2) is 0 Å². The highest BCUT2D eigenvalue weighted by atomic mass is 16.5. The van der Waals surface area contributed by atoms with Crippen molar-refractivity contribution >= 4 is 40.4 Å². The second kappa shape index (κ2) is 8.17. The maximum Gasteiger partial charge on any atom is 0.335 e. The minimum absolute atomic E-state index is 0.0304. The van der Waals surface area contributed by atoms with Gasteiger partial charge in [0.25, 0.3) is 11.8 Å². The molecule has 0 atom stereocenters. The zero-order valence-electron chi connectivity index (χ0n) is 16.7.